The van der Waals surface area contributed by atoms with Gasteiger partial charge >= 0.3 is 35.5 Å². The number of aliphatic hydroxyl groups is 3. The number of phenolic OH excluding ortho intramolecular Hbond substituents is 2. The average molecular weight is 1030 g/mol. The number of aliphatic carboxylic acids is 1. The van der Waals surface area contributed by atoms with Gasteiger partial charge in [0, 0.05) is 55.3 Å². The van der Waals surface area contributed by atoms with E-state index in [0.29, 0.717) is 0 Å². The Morgan fingerprint density at radius 3 is 2.11 bits per heavy atom. The van der Waals surface area contributed by atoms with Gasteiger partial charge in [-0.25, -0.2) is 0 Å². The predicted octanol–water partition coefficient (Wildman–Crippen LogP) is -3.26. The van der Waals surface area contributed by atoms with Crippen LogP contribution in [0.4, 0.5) is 0 Å². The molecule has 394 valence electrons. The number of aromatic hydroxyl groups is 2. The van der Waals surface area contributed by atoms with Crippen molar-refractivity contribution in [2.75, 3.05) is 20.3 Å². The molecule has 1 fully saturated rings. The molecular weight excluding hydrogens is 970 g/mol. The normalized spacial score (nSPS) is 22.6. The van der Waals surface area contributed by atoms with E-state index >= 15 is 0 Å². The summed E-state index contributed by atoms with van der Waals surface area (Å²) in [4.78, 5) is 109. The Bertz CT molecular complexity index is 2480. The molecule has 10 N–H and O–H groups in total. The van der Waals surface area contributed by atoms with Crippen LogP contribution in [0.3, 0.4) is 0 Å². The molecule has 4 amide bonds. The van der Waals surface area contributed by atoms with Crippen molar-refractivity contribution in [2.24, 2.45) is 16.8 Å². The Kier molecular flexibility index (Phi) is 21.1. The standard InChI is InChI=1S/C49H65N5O18.Na/c1-21(2)15-28(52-34(58)13-14-50-33(57)11-12-35(59)60)47(67)51-23(5)46(66)54-29(16-22(3)4)48(68)53-27-17-36(71-24(6)41(27)61)72-31-19-49(69,32(56)20-55)18-26-38(31)45(65)40-39(43(26)63)42(62)25-9-8-10-30(70-7)37(25)44(40)64;/h8-10,21-24,27-29,31,36,41,55,61,63,65,69H,11-20H2,1-7H3,(H,50,57)(H,51,67)(H,52,58)(H,53,68)(H,54,66)(H,59,60);/q;+1/p-1/t23-,24-,27-,28-,29-,31-,36-,41+,49-;/m0./s1. The number of hydrogen-bond donors (Lipinski definition) is 10. The van der Waals surface area contributed by atoms with Crippen LogP contribution < -0.4 is 60.7 Å². The second-order valence-electron chi connectivity index (χ2n) is 19.2. The molecule has 0 unspecified atom stereocenters. The molecule has 73 heavy (non-hydrogen) atoms. The minimum Gasteiger partial charge on any atom is -0.862 e. The van der Waals surface area contributed by atoms with Crippen molar-refractivity contribution in [3.05, 3.63) is 51.6 Å². The van der Waals surface area contributed by atoms with E-state index in [9.17, 15) is 69.0 Å². The Hall–Kier alpha value is -5.53. The number of ether oxygens (including phenoxy) is 3. The number of methoxy groups -OCH3 is 1. The summed E-state index contributed by atoms with van der Waals surface area (Å²) in [5.41, 5.74) is -4.51. The van der Waals surface area contributed by atoms with Crippen LogP contribution in [0.15, 0.2) is 23.2 Å². The number of ketones is 3. The molecule has 3 aliphatic rings. The molecule has 0 spiro atoms. The number of aliphatic hydroxyl groups excluding tert-OH is 2. The molecule has 23 nitrogen and oxygen atoms in total. The second-order valence-corrected chi connectivity index (χ2v) is 19.2. The van der Waals surface area contributed by atoms with E-state index in [-0.39, 0.29) is 108 Å². The number of carbonyl (C=O) groups excluding carboxylic acids is 7. The number of nitrogens with one attached hydrogen (secondary N) is 4. The van der Waals surface area contributed by atoms with Gasteiger partial charge in [-0.3, -0.25) is 38.4 Å². The topological polar surface area (TPSA) is 369 Å². The summed E-state index contributed by atoms with van der Waals surface area (Å²) < 4.78 is 17.6. The van der Waals surface area contributed by atoms with Gasteiger partial charge < -0.3 is 76.2 Å². The number of phenols is 2. The molecule has 0 saturated carbocycles. The zero-order valence-electron chi connectivity index (χ0n) is 42.1. The number of benzene rings is 2. The largest absolute Gasteiger partial charge is 1.00 e. The molecule has 2 aromatic rings. The third-order valence-corrected chi connectivity index (χ3v) is 12.7. The number of nitrogens with zero attached hydrogens (tertiary/aromatic N) is 1. The van der Waals surface area contributed by atoms with Crippen LogP contribution in [0.5, 0.6) is 17.2 Å². The number of carboxylic acids is 1. The zero-order valence-corrected chi connectivity index (χ0v) is 44.1. The van der Waals surface area contributed by atoms with Crippen molar-refractivity contribution in [2.45, 2.75) is 147 Å². The number of Topliss-reactive ketones (excluding diaryl/α,β-unsaturated/α-hetero) is 1. The molecule has 24 heteroatoms. The van der Waals surface area contributed by atoms with Crippen LogP contribution in [-0.2, 0) is 44.7 Å². The van der Waals surface area contributed by atoms with E-state index < -0.39 is 156 Å². The van der Waals surface area contributed by atoms with E-state index in [1.807, 2.05) is 13.8 Å². The first kappa shape index (κ1) is 60.0. The maximum absolute atomic E-state index is 14.1. The van der Waals surface area contributed by atoms with E-state index in [1.54, 1.807) is 13.8 Å². The summed E-state index contributed by atoms with van der Waals surface area (Å²) in [6.07, 6.45) is -7.87. The molecule has 1 aliphatic heterocycles. The van der Waals surface area contributed by atoms with E-state index in [4.69, 9.17) is 19.3 Å². The average Bonchev–Trinajstić information content (AvgIpc) is 3.31. The van der Waals surface area contributed by atoms with Gasteiger partial charge in [-0.2, -0.15) is 0 Å². The van der Waals surface area contributed by atoms with Gasteiger partial charge in [0.2, 0.25) is 29.4 Å². The van der Waals surface area contributed by atoms with Crippen LogP contribution in [0.25, 0.3) is 0 Å². The molecule has 2 aromatic carbocycles. The first-order chi connectivity index (χ1) is 33.8. The first-order valence-electron chi connectivity index (χ1n) is 23.7. The van der Waals surface area contributed by atoms with Crippen LogP contribution >= 0.6 is 0 Å². The van der Waals surface area contributed by atoms with Crippen molar-refractivity contribution in [3.8, 4) is 17.2 Å². The summed E-state index contributed by atoms with van der Waals surface area (Å²) in [5.74, 6) is -9.39. The van der Waals surface area contributed by atoms with Gasteiger partial charge in [-0.15, -0.1) is 0 Å². The van der Waals surface area contributed by atoms with Gasteiger partial charge in [-0.1, -0.05) is 39.8 Å². The first-order valence-corrected chi connectivity index (χ1v) is 23.7. The second kappa shape index (κ2) is 25.6. The summed E-state index contributed by atoms with van der Waals surface area (Å²) in [5, 5.41) is 87.5. The Labute approximate surface area is 443 Å². The van der Waals surface area contributed by atoms with E-state index in [1.165, 1.54) is 39.2 Å². The molecule has 0 radical (unpaired) electrons. The Morgan fingerprint density at radius 1 is 0.877 bits per heavy atom. The van der Waals surface area contributed by atoms with Crippen LogP contribution in [-0.4, -0.2) is 152 Å². The number of hydrogen-bond acceptors (Lipinski definition) is 18. The molecule has 9 atom stereocenters. The van der Waals surface area contributed by atoms with Crippen LogP contribution in [0.1, 0.15) is 136 Å². The van der Waals surface area contributed by atoms with Crippen LogP contribution in [0, 0.1) is 11.8 Å². The number of carbonyl (C=O) groups is 8. The third-order valence-electron chi connectivity index (χ3n) is 12.7. The number of aliphatic imine (C=N–C) groups is 1. The monoisotopic (exact) mass is 1030 g/mol. The minimum absolute atomic E-state index is 0. The fourth-order valence-corrected chi connectivity index (χ4v) is 9.07. The molecule has 1 heterocycles. The molecular formula is C49H64N5NaO18. The van der Waals surface area contributed by atoms with Gasteiger partial charge in [-0.05, 0) is 56.9 Å². The number of rotatable bonds is 22. The van der Waals surface area contributed by atoms with Crippen molar-refractivity contribution >= 4 is 52.8 Å². The zero-order chi connectivity index (χ0) is 53.5. The molecule has 0 aromatic heterocycles. The number of fused-ring (bicyclic) bond motifs is 3. The molecule has 5 rings (SSSR count). The number of amides is 4. The summed E-state index contributed by atoms with van der Waals surface area (Å²) >= 11 is 0. The van der Waals surface area contributed by atoms with E-state index in [0.717, 1.165) is 0 Å². The number of carboxylic acid groups (broad SMARTS) is 1. The van der Waals surface area contributed by atoms with Crippen molar-refractivity contribution in [1.29, 1.82) is 0 Å². The van der Waals surface area contributed by atoms with Gasteiger partial charge in [0.05, 0.1) is 42.0 Å². The van der Waals surface area contributed by atoms with Crippen molar-refractivity contribution in [3.63, 3.8) is 0 Å². The predicted molar refractivity (Wildman–Crippen MR) is 250 cm³/mol. The molecule has 1 saturated heterocycles. The fourth-order valence-electron chi connectivity index (χ4n) is 9.07. The fraction of sp³-hybridized carbons (Fsp3) is 0.571. The van der Waals surface area contributed by atoms with Crippen molar-refractivity contribution in [1.82, 2.24) is 21.3 Å². The maximum atomic E-state index is 14.1. The summed E-state index contributed by atoms with van der Waals surface area (Å²) in [7, 11) is 1.28. The van der Waals surface area contributed by atoms with E-state index in [2.05, 4.69) is 26.3 Å². The third kappa shape index (κ3) is 14.2. The summed E-state index contributed by atoms with van der Waals surface area (Å²) in [6.45, 7) is 8.65. The van der Waals surface area contributed by atoms with Gasteiger partial charge in [0.15, 0.2) is 17.9 Å². The Balaban J connectivity index is 0.0000116. The maximum Gasteiger partial charge on any atom is 1.00 e. The quantitative estimate of drug-likeness (QED) is 0.0204. The molecule has 0 bridgehead atoms. The van der Waals surface area contributed by atoms with Crippen LogP contribution in [0.2, 0.25) is 0 Å². The minimum atomic E-state index is -2.44. The van der Waals surface area contributed by atoms with Gasteiger partial charge in [0.1, 0.15) is 53.7 Å². The van der Waals surface area contributed by atoms with Gasteiger partial charge in [0.25, 0.3) is 0 Å². The Morgan fingerprint density at radius 2 is 1.51 bits per heavy atom. The van der Waals surface area contributed by atoms with Crippen molar-refractivity contribution < 1.29 is 118 Å². The summed E-state index contributed by atoms with van der Waals surface area (Å²) in [6, 6.07) is -0.495. The molecule has 2 aliphatic carbocycles. The SMILES string of the molecule is COc1cccc2c1C(=O)c1c(O)c3c(c(O)c1C2=O)C[C@@](O)(C(=O)CO)C[C@@H]3O[C@H]1C[C@H](NC(=O)[C@H](CC(C)C)NC(=O)[C@H](C)NC(=O)[C@H](CC(C)C)NC(=O)CCN=C([O-])CCC(=O)O)[C@H](O)[C@H](C)O1.[Na+]. The smallest absolute Gasteiger partial charge is 0.862 e.